The van der Waals surface area contributed by atoms with E-state index in [0.717, 1.165) is 72.5 Å². The second-order valence-electron chi connectivity index (χ2n) is 7.40. The molecule has 3 heterocycles. The Kier molecular flexibility index (Phi) is 6.21. The number of hydrogen-bond acceptors (Lipinski definition) is 7. The number of pyridine rings is 1. The van der Waals surface area contributed by atoms with Gasteiger partial charge in [0.05, 0.1) is 19.4 Å². The van der Waals surface area contributed by atoms with Gasteiger partial charge in [-0.25, -0.2) is 9.97 Å². The molecule has 0 atom stereocenters. The normalized spacial score (nSPS) is 14.7. The number of aromatic nitrogens is 3. The zero-order chi connectivity index (χ0) is 20.9. The van der Waals surface area contributed by atoms with Gasteiger partial charge < -0.3 is 14.7 Å². The van der Waals surface area contributed by atoms with E-state index in [1.54, 1.807) is 7.11 Å². The summed E-state index contributed by atoms with van der Waals surface area (Å²) in [5.41, 5.74) is 3.95. The Hall–Kier alpha value is -3.03. The van der Waals surface area contributed by atoms with Crippen LogP contribution in [0.3, 0.4) is 0 Å². The van der Waals surface area contributed by atoms with Gasteiger partial charge in [0.1, 0.15) is 17.4 Å². The van der Waals surface area contributed by atoms with Crippen molar-refractivity contribution in [1.82, 2.24) is 19.9 Å². The lowest BCUT2D eigenvalue weighted by molar-refractivity contribution is 0.188. The molecule has 1 fully saturated rings. The number of aryl methyl sites for hydroxylation is 1. The molecule has 1 aromatic carbocycles. The first-order chi connectivity index (χ1) is 14.7. The highest BCUT2D eigenvalue weighted by atomic mass is 16.5. The molecule has 1 aliphatic heterocycles. The SMILES string of the molecule is COc1ccc(-c2cncc(-c3cc(N4CCN(CCO)CC4)nc(C)n3)c2)cc1. The molecular weight excluding hydrogens is 378 g/mol. The molecule has 0 radical (unpaired) electrons. The number of methoxy groups -OCH3 is 1. The monoisotopic (exact) mass is 405 g/mol. The number of ether oxygens (including phenoxy) is 1. The van der Waals surface area contributed by atoms with Gasteiger partial charge in [-0.3, -0.25) is 9.88 Å². The molecule has 156 valence electrons. The van der Waals surface area contributed by atoms with Gasteiger partial charge in [0.2, 0.25) is 0 Å². The van der Waals surface area contributed by atoms with Crippen molar-refractivity contribution in [3.63, 3.8) is 0 Å². The molecule has 1 N–H and O–H groups in total. The number of hydrogen-bond donors (Lipinski definition) is 1. The number of aliphatic hydroxyl groups is 1. The molecule has 1 aliphatic rings. The van der Waals surface area contributed by atoms with E-state index in [4.69, 9.17) is 9.84 Å². The van der Waals surface area contributed by atoms with Crippen molar-refractivity contribution in [1.29, 1.82) is 0 Å². The van der Waals surface area contributed by atoms with Crippen molar-refractivity contribution in [2.45, 2.75) is 6.92 Å². The molecule has 0 bridgehead atoms. The van der Waals surface area contributed by atoms with Crippen molar-refractivity contribution >= 4 is 5.82 Å². The number of β-amino-alcohol motifs (C(OH)–C–C–N with tert-alkyl or cyclic N) is 1. The van der Waals surface area contributed by atoms with Crippen LogP contribution >= 0.6 is 0 Å². The Bertz CT molecular complexity index is 985. The Morgan fingerprint density at radius 3 is 2.37 bits per heavy atom. The van der Waals surface area contributed by atoms with Crippen LogP contribution in [0.1, 0.15) is 5.82 Å². The first-order valence-electron chi connectivity index (χ1n) is 10.2. The van der Waals surface area contributed by atoms with Crippen LogP contribution in [0, 0.1) is 6.92 Å². The Morgan fingerprint density at radius 2 is 1.67 bits per heavy atom. The van der Waals surface area contributed by atoms with Crippen LogP contribution in [0.15, 0.2) is 48.8 Å². The first-order valence-corrected chi connectivity index (χ1v) is 10.2. The highest BCUT2D eigenvalue weighted by molar-refractivity contribution is 5.71. The van der Waals surface area contributed by atoms with Gasteiger partial charge in [0.15, 0.2) is 0 Å². The Labute approximate surface area is 177 Å². The molecule has 4 rings (SSSR count). The van der Waals surface area contributed by atoms with E-state index in [1.165, 1.54) is 0 Å². The van der Waals surface area contributed by atoms with E-state index in [1.807, 2.05) is 49.6 Å². The zero-order valence-corrected chi connectivity index (χ0v) is 17.5. The number of nitrogens with zero attached hydrogens (tertiary/aromatic N) is 5. The topological polar surface area (TPSA) is 74.6 Å². The second kappa shape index (κ2) is 9.19. The average molecular weight is 406 g/mol. The summed E-state index contributed by atoms with van der Waals surface area (Å²) in [6.45, 7) is 6.48. The molecule has 1 saturated heterocycles. The van der Waals surface area contributed by atoms with Gasteiger partial charge in [0.25, 0.3) is 0 Å². The first kappa shape index (κ1) is 20.3. The maximum Gasteiger partial charge on any atom is 0.132 e. The highest BCUT2D eigenvalue weighted by Gasteiger charge is 2.19. The minimum atomic E-state index is 0.203. The molecule has 7 heteroatoms. The molecule has 0 spiro atoms. The zero-order valence-electron chi connectivity index (χ0n) is 17.5. The fraction of sp³-hybridized carbons (Fsp3) is 0.348. The maximum atomic E-state index is 9.14. The fourth-order valence-corrected chi connectivity index (χ4v) is 3.73. The maximum absolute atomic E-state index is 9.14. The van der Waals surface area contributed by atoms with Crippen molar-refractivity contribution in [3.05, 3.63) is 54.6 Å². The Balaban J connectivity index is 1.58. The summed E-state index contributed by atoms with van der Waals surface area (Å²) in [6, 6.07) is 12.1. The van der Waals surface area contributed by atoms with E-state index in [9.17, 15) is 0 Å². The minimum absolute atomic E-state index is 0.203. The predicted molar refractivity (Wildman–Crippen MR) is 118 cm³/mol. The highest BCUT2D eigenvalue weighted by Crippen LogP contribution is 2.27. The van der Waals surface area contributed by atoms with Gasteiger partial charge in [0, 0.05) is 62.3 Å². The summed E-state index contributed by atoms with van der Waals surface area (Å²) < 4.78 is 5.25. The van der Waals surface area contributed by atoms with E-state index in [0.29, 0.717) is 0 Å². The summed E-state index contributed by atoms with van der Waals surface area (Å²) in [5, 5.41) is 9.14. The summed E-state index contributed by atoms with van der Waals surface area (Å²) >= 11 is 0. The van der Waals surface area contributed by atoms with E-state index < -0.39 is 0 Å². The molecule has 0 amide bonds. The smallest absolute Gasteiger partial charge is 0.132 e. The van der Waals surface area contributed by atoms with E-state index in [-0.39, 0.29) is 6.61 Å². The van der Waals surface area contributed by atoms with Crippen LogP contribution in [0.5, 0.6) is 5.75 Å². The molecular formula is C23H27N5O2. The summed E-state index contributed by atoms with van der Waals surface area (Å²) in [5.74, 6) is 2.52. The third-order valence-corrected chi connectivity index (χ3v) is 5.39. The molecule has 3 aromatic rings. The summed E-state index contributed by atoms with van der Waals surface area (Å²) in [4.78, 5) is 18.3. The van der Waals surface area contributed by atoms with Gasteiger partial charge in [-0.1, -0.05) is 12.1 Å². The van der Waals surface area contributed by atoms with Crippen LogP contribution in [0.4, 0.5) is 5.82 Å². The lowest BCUT2D eigenvalue weighted by Gasteiger charge is -2.35. The van der Waals surface area contributed by atoms with Crippen LogP contribution in [0.25, 0.3) is 22.4 Å². The second-order valence-corrected chi connectivity index (χ2v) is 7.40. The molecule has 30 heavy (non-hydrogen) atoms. The number of benzene rings is 1. The number of piperazine rings is 1. The van der Waals surface area contributed by atoms with Gasteiger partial charge in [-0.15, -0.1) is 0 Å². The number of anilines is 1. The van der Waals surface area contributed by atoms with Gasteiger partial charge in [-0.2, -0.15) is 0 Å². The van der Waals surface area contributed by atoms with Gasteiger partial charge in [-0.05, 0) is 30.7 Å². The van der Waals surface area contributed by atoms with Crippen molar-refractivity contribution < 1.29 is 9.84 Å². The van der Waals surface area contributed by atoms with Crippen LogP contribution < -0.4 is 9.64 Å². The van der Waals surface area contributed by atoms with Crippen molar-refractivity contribution in [2.75, 3.05) is 51.3 Å². The summed E-state index contributed by atoms with van der Waals surface area (Å²) in [6.07, 6.45) is 3.71. The molecule has 7 nitrogen and oxygen atoms in total. The quantitative estimate of drug-likeness (QED) is 0.676. The fourth-order valence-electron chi connectivity index (χ4n) is 3.73. The number of rotatable bonds is 6. The molecule has 2 aromatic heterocycles. The minimum Gasteiger partial charge on any atom is -0.497 e. The van der Waals surface area contributed by atoms with Crippen LogP contribution in [0.2, 0.25) is 0 Å². The largest absolute Gasteiger partial charge is 0.497 e. The third-order valence-electron chi connectivity index (χ3n) is 5.39. The average Bonchev–Trinajstić information content (AvgIpc) is 2.79. The Morgan fingerprint density at radius 1 is 0.933 bits per heavy atom. The lowest BCUT2D eigenvalue weighted by atomic mass is 10.0. The van der Waals surface area contributed by atoms with Crippen LogP contribution in [-0.2, 0) is 0 Å². The van der Waals surface area contributed by atoms with Crippen molar-refractivity contribution in [3.8, 4) is 28.1 Å². The molecule has 0 unspecified atom stereocenters. The third kappa shape index (κ3) is 4.58. The predicted octanol–water partition coefficient (Wildman–Crippen LogP) is 2.64. The number of aliphatic hydroxyl groups excluding tert-OH is 1. The van der Waals surface area contributed by atoms with Crippen LogP contribution in [-0.4, -0.2) is 71.4 Å². The van der Waals surface area contributed by atoms with E-state index in [2.05, 4.69) is 30.8 Å². The lowest BCUT2D eigenvalue weighted by Crippen LogP contribution is -2.47. The summed E-state index contributed by atoms with van der Waals surface area (Å²) in [7, 11) is 1.67. The molecule has 0 aliphatic carbocycles. The van der Waals surface area contributed by atoms with E-state index >= 15 is 0 Å². The van der Waals surface area contributed by atoms with Crippen molar-refractivity contribution in [2.24, 2.45) is 0 Å². The van der Waals surface area contributed by atoms with Gasteiger partial charge >= 0.3 is 0 Å². The standard InChI is InChI=1S/C23H27N5O2/c1-17-25-22(14-23(26-17)28-9-7-27(8-10-28)11-12-29)20-13-19(15-24-16-20)18-3-5-21(30-2)6-4-18/h3-6,13-16,29H,7-12H2,1-2H3. The molecule has 0 saturated carbocycles.